The Morgan fingerprint density at radius 2 is 2.23 bits per heavy atom. The average Bonchev–Trinajstić information content (AvgIpc) is 2.77. The molecular weight excluding hydrogens is 276 g/mol. The number of allylic oxidation sites excluding steroid dienone is 1. The predicted octanol–water partition coefficient (Wildman–Crippen LogP) is 3.17. The molecule has 5 nitrogen and oxygen atoms in total. The Morgan fingerprint density at radius 1 is 1.45 bits per heavy atom. The van der Waals surface area contributed by atoms with Crippen molar-refractivity contribution in [1.29, 1.82) is 0 Å². The second-order valence-electron chi connectivity index (χ2n) is 5.36. The fourth-order valence-electron chi connectivity index (χ4n) is 2.09. The molecule has 0 aliphatic carbocycles. The number of anilines is 1. The van der Waals surface area contributed by atoms with Crippen molar-refractivity contribution in [3.05, 3.63) is 53.9 Å². The number of aryl methyl sites for hydroxylation is 1. The average molecular weight is 298 g/mol. The van der Waals surface area contributed by atoms with Gasteiger partial charge in [-0.3, -0.25) is 0 Å². The van der Waals surface area contributed by atoms with Gasteiger partial charge in [0, 0.05) is 0 Å². The first kappa shape index (κ1) is 15.8. The third-order valence-electron chi connectivity index (χ3n) is 2.98. The van der Waals surface area contributed by atoms with E-state index in [2.05, 4.69) is 16.7 Å². The summed E-state index contributed by atoms with van der Waals surface area (Å²) in [5, 5.41) is 4.33. The number of rotatable bonds is 6. The monoisotopic (exact) mass is 298 g/mol. The summed E-state index contributed by atoms with van der Waals surface area (Å²) in [4.78, 5) is 4.11. The summed E-state index contributed by atoms with van der Waals surface area (Å²) in [6.45, 7) is 9.70. The molecule has 22 heavy (non-hydrogen) atoms. The standard InChI is InChI=1S/C17H22N4O/c1-5-6-15-9-14(7-8-16(15)22-12(2)3)10-19-21-11-13(4)20-17(21)18/h5,7-12H,1,6H2,2-4H3,(H2,18,20). The highest BCUT2D eigenvalue weighted by Gasteiger charge is 2.06. The molecule has 0 radical (unpaired) electrons. The van der Waals surface area contributed by atoms with Gasteiger partial charge >= 0.3 is 0 Å². The zero-order valence-corrected chi connectivity index (χ0v) is 13.3. The zero-order chi connectivity index (χ0) is 16.1. The van der Waals surface area contributed by atoms with Gasteiger partial charge in [0.2, 0.25) is 5.95 Å². The first-order valence-corrected chi connectivity index (χ1v) is 7.26. The second kappa shape index (κ2) is 6.93. The maximum atomic E-state index is 5.81. The fourth-order valence-corrected chi connectivity index (χ4v) is 2.09. The van der Waals surface area contributed by atoms with E-state index in [1.807, 2.05) is 45.0 Å². The molecule has 0 bridgehead atoms. The Balaban J connectivity index is 2.26. The minimum Gasteiger partial charge on any atom is -0.491 e. The van der Waals surface area contributed by atoms with Crippen molar-refractivity contribution in [3.8, 4) is 5.75 Å². The molecule has 116 valence electrons. The van der Waals surface area contributed by atoms with E-state index in [1.165, 1.54) is 0 Å². The lowest BCUT2D eigenvalue weighted by atomic mass is 10.1. The summed E-state index contributed by atoms with van der Waals surface area (Å²) in [6, 6.07) is 5.97. The number of ether oxygens (including phenoxy) is 1. The molecule has 1 aromatic heterocycles. The highest BCUT2D eigenvalue weighted by molar-refractivity contribution is 5.80. The number of nitrogen functional groups attached to an aromatic ring is 1. The Labute approximate surface area is 131 Å². The van der Waals surface area contributed by atoms with E-state index >= 15 is 0 Å². The van der Waals surface area contributed by atoms with Crippen molar-refractivity contribution in [2.24, 2.45) is 5.10 Å². The van der Waals surface area contributed by atoms with E-state index in [-0.39, 0.29) is 6.10 Å². The number of nitrogens with zero attached hydrogens (tertiary/aromatic N) is 3. The van der Waals surface area contributed by atoms with Gasteiger partial charge in [0.15, 0.2) is 0 Å². The number of imidazole rings is 1. The van der Waals surface area contributed by atoms with Crippen molar-refractivity contribution in [2.45, 2.75) is 33.3 Å². The van der Waals surface area contributed by atoms with Gasteiger partial charge in [0.05, 0.1) is 24.2 Å². The first-order chi connectivity index (χ1) is 10.5. The Morgan fingerprint density at radius 3 is 2.82 bits per heavy atom. The summed E-state index contributed by atoms with van der Waals surface area (Å²) in [5.41, 5.74) is 8.66. The van der Waals surface area contributed by atoms with Gasteiger partial charge < -0.3 is 10.5 Å². The van der Waals surface area contributed by atoms with Crippen molar-refractivity contribution in [3.63, 3.8) is 0 Å². The molecule has 0 saturated heterocycles. The topological polar surface area (TPSA) is 65.4 Å². The van der Waals surface area contributed by atoms with Gasteiger partial charge in [0.25, 0.3) is 0 Å². The molecule has 0 unspecified atom stereocenters. The molecule has 1 aromatic carbocycles. The van der Waals surface area contributed by atoms with Crippen LogP contribution in [0.15, 0.2) is 42.2 Å². The number of aromatic nitrogens is 2. The molecule has 0 aliphatic heterocycles. The molecule has 2 rings (SSSR count). The zero-order valence-electron chi connectivity index (χ0n) is 13.3. The van der Waals surface area contributed by atoms with Crippen LogP contribution >= 0.6 is 0 Å². The Hall–Kier alpha value is -2.56. The van der Waals surface area contributed by atoms with Gasteiger partial charge in [-0.15, -0.1) is 6.58 Å². The Bertz CT molecular complexity index is 686. The highest BCUT2D eigenvalue weighted by Crippen LogP contribution is 2.22. The summed E-state index contributed by atoms with van der Waals surface area (Å²) in [6.07, 6.45) is 6.28. The molecule has 1 heterocycles. The summed E-state index contributed by atoms with van der Waals surface area (Å²) < 4.78 is 7.37. The molecule has 2 N–H and O–H groups in total. The molecule has 0 amide bonds. The highest BCUT2D eigenvalue weighted by atomic mass is 16.5. The lowest BCUT2D eigenvalue weighted by molar-refractivity contribution is 0.240. The minimum absolute atomic E-state index is 0.136. The quantitative estimate of drug-likeness (QED) is 0.658. The van der Waals surface area contributed by atoms with Gasteiger partial charge in [-0.25, -0.2) is 9.66 Å². The van der Waals surface area contributed by atoms with Gasteiger partial charge in [-0.1, -0.05) is 6.08 Å². The molecule has 0 atom stereocenters. The summed E-state index contributed by atoms with van der Waals surface area (Å²) >= 11 is 0. The van der Waals surface area contributed by atoms with Crippen molar-refractivity contribution >= 4 is 12.2 Å². The number of benzene rings is 1. The van der Waals surface area contributed by atoms with Crippen LogP contribution in [0.2, 0.25) is 0 Å². The van der Waals surface area contributed by atoms with Crippen LogP contribution < -0.4 is 10.5 Å². The van der Waals surface area contributed by atoms with Crippen LogP contribution in [-0.2, 0) is 6.42 Å². The van der Waals surface area contributed by atoms with Crippen LogP contribution in [0.25, 0.3) is 0 Å². The largest absolute Gasteiger partial charge is 0.491 e. The van der Waals surface area contributed by atoms with E-state index in [4.69, 9.17) is 10.5 Å². The van der Waals surface area contributed by atoms with E-state index in [0.29, 0.717) is 5.95 Å². The van der Waals surface area contributed by atoms with E-state index in [9.17, 15) is 0 Å². The normalized spacial score (nSPS) is 11.3. The minimum atomic E-state index is 0.136. The molecule has 0 fully saturated rings. The second-order valence-corrected chi connectivity index (χ2v) is 5.36. The number of nitrogens with two attached hydrogens (primary N) is 1. The lowest BCUT2D eigenvalue weighted by Crippen LogP contribution is -2.07. The number of hydrogen-bond donors (Lipinski definition) is 1. The maximum absolute atomic E-state index is 5.81. The predicted molar refractivity (Wildman–Crippen MR) is 90.5 cm³/mol. The number of hydrogen-bond acceptors (Lipinski definition) is 4. The van der Waals surface area contributed by atoms with Crippen molar-refractivity contribution < 1.29 is 4.74 Å². The fraction of sp³-hybridized carbons (Fsp3) is 0.294. The van der Waals surface area contributed by atoms with Crippen LogP contribution in [0.1, 0.15) is 30.7 Å². The summed E-state index contributed by atoms with van der Waals surface area (Å²) in [7, 11) is 0. The molecule has 0 aliphatic rings. The van der Waals surface area contributed by atoms with Gasteiger partial charge in [0.1, 0.15) is 5.75 Å². The lowest BCUT2D eigenvalue weighted by Gasteiger charge is -2.14. The third-order valence-corrected chi connectivity index (χ3v) is 2.98. The van der Waals surface area contributed by atoms with E-state index in [1.54, 1.807) is 17.1 Å². The first-order valence-electron chi connectivity index (χ1n) is 7.26. The molecule has 2 aromatic rings. The van der Waals surface area contributed by atoms with E-state index in [0.717, 1.165) is 29.0 Å². The van der Waals surface area contributed by atoms with Crippen LogP contribution in [0.4, 0.5) is 5.95 Å². The van der Waals surface area contributed by atoms with Crippen LogP contribution in [0.3, 0.4) is 0 Å². The van der Waals surface area contributed by atoms with Crippen LogP contribution in [0, 0.1) is 6.92 Å². The molecule has 5 heteroatoms. The Kier molecular flexibility index (Phi) is 4.99. The van der Waals surface area contributed by atoms with Crippen molar-refractivity contribution in [1.82, 2.24) is 9.66 Å². The third kappa shape index (κ3) is 3.97. The SMILES string of the molecule is C=CCc1cc(C=Nn2cc(C)nc2N)ccc1OC(C)C. The van der Waals surface area contributed by atoms with Crippen LogP contribution in [-0.4, -0.2) is 22.0 Å². The molecular formula is C17H22N4O. The smallest absolute Gasteiger partial charge is 0.221 e. The van der Waals surface area contributed by atoms with Gasteiger partial charge in [-0.05, 0) is 56.5 Å². The summed E-state index contributed by atoms with van der Waals surface area (Å²) in [5.74, 6) is 1.25. The maximum Gasteiger partial charge on any atom is 0.221 e. The molecule has 0 saturated carbocycles. The van der Waals surface area contributed by atoms with Gasteiger partial charge in [-0.2, -0.15) is 5.10 Å². The van der Waals surface area contributed by atoms with Crippen LogP contribution in [0.5, 0.6) is 5.75 Å². The molecule has 0 spiro atoms. The van der Waals surface area contributed by atoms with E-state index < -0.39 is 0 Å². The van der Waals surface area contributed by atoms with Crippen molar-refractivity contribution in [2.75, 3.05) is 5.73 Å².